The van der Waals surface area contributed by atoms with Crippen molar-refractivity contribution in [3.8, 4) is 0 Å². The number of anilines is 1. The molecule has 132 valence electrons. The number of benzene rings is 1. The first-order valence-corrected chi connectivity index (χ1v) is 9.26. The van der Waals surface area contributed by atoms with Crippen LogP contribution in [0.15, 0.2) is 41.5 Å². The van der Waals surface area contributed by atoms with Gasteiger partial charge in [-0.1, -0.05) is 12.1 Å². The summed E-state index contributed by atoms with van der Waals surface area (Å²) in [6.45, 7) is 0.885. The quantitative estimate of drug-likeness (QED) is 0.729. The van der Waals surface area contributed by atoms with Gasteiger partial charge in [-0.05, 0) is 49.3 Å². The molecular formula is C20H21N5O. The van der Waals surface area contributed by atoms with Gasteiger partial charge in [0.2, 0.25) is 5.95 Å². The van der Waals surface area contributed by atoms with Crippen LogP contribution in [0.4, 0.5) is 5.95 Å². The molecule has 0 spiro atoms. The van der Waals surface area contributed by atoms with Gasteiger partial charge in [0.15, 0.2) is 0 Å². The molecule has 1 aliphatic carbocycles. The maximum atomic E-state index is 12.7. The number of nitrogens with zero attached hydrogens (tertiary/aromatic N) is 5. The van der Waals surface area contributed by atoms with Gasteiger partial charge in [-0.3, -0.25) is 9.36 Å². The smallest absolute Gasteiger partial charge is 0.261 e. The van der Waals surface area contributed by atoms with Gasteiger partial charge in [0.05, 0.1) is 16.9 Å². The molecule has 2 aliphatic rings. The highest BCUT2D eigenvalue weighted by molar-refractivity contribution is 5.77. The van der Waals surface area contributed by atoms with Crippen LogP contribution in [0.3, 0.4) is 0 Å². The van der Waals surface area contributed by atoms with E-state index in [0.29, 0.717) is 11.3 Å². The molecule has 1 unspecified atom stereocenters. The van der Waals surface area contributed by atoms with Gasteiger partial charge in [-0.15, -0.1) is 0 Å². The van der Waals surface area contributed by atoms with E-state index in [4.69, 9.17) is 4.98 Å². The summed E-state index contributed by atoms with van der Waals surface area (Å²) >= 11 is 0. The fourth-order valence-corrected chi connectivity index (χ4v) is 3.91. The summed E-state index contributed by atoms with van der Waals surface area (Å²) in [5.41, 5.74) is 1.99. The van der Waals surface area contributed by atoms with Gasteiger partial charge in [0.1, 0.15) is 5.82 Å². The number of fused-ring (bicyclic) bond motifs is 1. The third-order valence-electron chi connectivity index (χ3n) is 5.53. The van der Waals surface area contributed by atoms with E-state index in [1.807, 2.05) is 43.7 Å². The molecule has 3 aromatic rings. The Morgan fingerprint density at radius 1 is 1.08 bits per heavy atom. The lowest BCUT2D eigenvalue weighted by molar-refractivity contribution is 0.602. The van der Waals surface area contributed by atoms with Crippen molar-refractivity contribution in [3.05, 3.63) is 58.4 Å². The summed E-state index contributed by atoms with van der Waals surface area (Å²) in [6, 6.07) is 7.57. The molecule has 1 saturated carbocycles. The van der Waals surface area contributed by atoms with Crippen molar-refractivity contribution < 1.29 is 0 Å². The van der Waals surface area contributed by atoms with Gasteiger partial charge in [-0.2, -0.15) is 0 Å². The van der Waals surface area contributed by atoms with E-state index in [2.05, 4.69) is 14.9 Å². The van der Waals surface area contributed by atoms with Crippen LogP contribution in [-0.4, -0.2) is 26.1 Å². The second-order valence-electron chi connectivity index (χ2n) is 7.29. The fourth-order valence-electron chi connectivity index (χ4n) is 3.91. The van der Waals surface area contributed by atoms with Crippen LogP contribution in [0.1, 0.15) is 49.0 Å². The molecule has 1 aliphatic heterocycles. The largest absolute Gasteiger partial charge is 0.331 e. The lowest BCUT2D eigenvalue weighted by Crippen LogP contribution is -2.31. The predicted molar refractivity (Wildman–Crippen MR) is 100 cm³/mol. The van der Waals surface area contributed by atoms with Crippen molar-refractivity contribution in [3.63, 3.8) is 0 Å². The molecule has 0 amide bonds. The van der Waals surface area contributed by atoms with Crippen molar-refractivity contribution >= 4 is 16.9 Å². The minimum atomic E-state index is 0.00227. The number of hydrogen-bond acceptors (Lipinski definition) is 5. The Hall–Kier alpha value is -2.76. The molecule has 2 aromatic heterocycles. The Kier molecular flexibility index (Phi) is 3.51. The summed E-state index contributed by atoms with van der Waals surface area (Å²) < 4.78 is 1.68. The standard InChI is InChI=1S/C20H21N5O/c1-24-18(23-16-6-3-2-5-15(16)19(24)26)17-7-4-10-25(17)20-21-11-14(12-22-20)13-8-9-13/h2-3,5-6,11-13,17H,4,7-10H2,1H3. The van der Waals surface area contributed by atoms with Gasteiger partial charge in [0, 0.05) is 26.0 Å². The topological polar surface area (TPSA) is 63.9 Å². The SMILES string of the molecule is Cn1c(C2CCCN2c2ncc(C3CC3)cn2)nc2ccccc2c1=O. The summed E-state index contributed by atoms with van der Waals surface area (Å²) in [7, 11) is 1.81. The zero-order chi connectivity index (χ0) is 17.7. The van der Waals surface area contributed by atoms with Crippen molar-refractivity contribution in [2.75, 3.05) is 11.4 Å². The molecule has 1 atom stereocenters. The van der Waals surface area contributed by atoms with Crippen LogP contribution in [0.5, 0.6) is 0 Å². The van der Waals surface area contributed by atoms with Crippen molar-refractivity contribution in [1.29, 1.82) is 0 Å². The van der Waals surface area contributed by atoms with E-state index in [1.54, 1.807) is 4.57 Å². The van der Waals surface area contributed by atoms with Crippen molar-refractivity contribution in [1.82, 2.24) is 19.5 Å². The number of hydrogen-bond donors (Lipinski definition) is 0. The normalized spacial score (nSPS) is 20.0. The minimum absolute atomic E-state index is 0.00227. The van der Waals surface area contributed by atoms with Gasteiger partial charge < -0.3 is 4.90 Å². The maximum absolute atomic E-state index is 12.7. The van der Waals surface area contributed by atoms with Gasteiger partial charge >= 0.3 is 0 Å². The minimum Gasteiger partial charge on any atom is -0.331 e. The van der Waals surface area contributed by atoms with E-state index >= 15 is 0 Å². The highest BCUT2D eigenvalue weighted by Crippen LogP contribution is 2.40. The van der Waals surface area contributed by atoms with E-state index in [0.717, 1.165) is 36.7 Å². The van der Waals surface area contributed by atoms with Crippen LogP contribution in [0.2, 0.25) is 0 Å². The first-order valence-electron chi connectivity index (χ1n) is 9.26. The summed E-state index contributed by atoms with van der Waals surface area (Å²) in [6.07, 6.45) is 8.41. The second kappa shape index (κ2) is 5.90. The highest BCUT2D eigenvalue weighted by atomic mass is 16.1. The molecular weight excluding hydrogens is 326 g/mol. The molecule has 2 fully saturated rings. The third kappa shape index (κ3) is 2.48. The highest BCUT2D eigenvalue weighted by Gasteiger charge is 2.32. The molecule has 0 N–H and O–H groups in total. The predicted octanol–water partition coefficient (Wildman–Crippen LogP) is 2.94. The van der Waals surface area contributed by atoms with E-state index in [1.165, 1.54) is 18.4 Å². The lowest BCUT2D eigenvalue weighted by Gasteiger charge is -2.25. The van der Waals surface area contributed by atoms with E-state index in [9.17, 15) is 4.79 Å². The zero-order valence-corrected chi connectivity index (χ0v) is 14.8. The molecule has 1 aromatic carbocycles. The lowest BCUT2D eigenvalue weighted by atomic mass is 10.1. The first-order chi connectivity index (χ1) is 12.7. The number of aromatic nitrogens is 4. The average Bonchev–Trinajstić information content (AvgIpc) is 3.42. The number of para-hydroxylation sites is 1. The molecule has 6 heteroatoms. The molecule has 0 radical (unpaired) electrons. The molecule has 5 rings (SSSR count). The Bertz CT molecular complexity index is 1020. The maximum Gasteiger partial charge on any atom is 0.261 e. The Morgan fingerprint density at radius 2 is 1.85 bits per heavy atom. The first kappa shape index (κ1) is 15.5. The summed E-state index contributed by atoms with van der Waals surface area (Å²) in [4.78, 5) is 29.0. The Balaban J connectivity index is 1.55. The Morgan fingerprint density at radius 3 is 2.62 bits per heavy atom. The summed E-state index contributed by atoms with van der Waals surface area (Å²) in [5.74, 6) is 2.18. The average molecular weight is 347 g/mol. The zero-order valence-electron chi connectivity index (χ0n) is 14.8. The third-order valence-corrected chi connectivity index (χ3v) is 5.53. The molecule has 26 heavy (non-hydrogen) atoms. The van der Waals surface area contributed by atoms with Crippen molar-refractivity contribution in [2.45, 2.75) is 37.6 Å². The van der Waals surface area contributed by atoms with Crippen LogP contribution >= 0.6 is 0 Å². The second-order valence-corrected chi connectivity index (χ2v) is 7.29. The Labute approximate surface area is 151 Å². The van der Waals surface area contributed by atoms with E-state index in [-0.39, 0.29) is 11.6 Å². The molecule has 6 nitrogen and oxygen atoms in total. The monoisotopic (exact) mass is 347 g/mol. The van der Waals surface area contributed by atoms with E-state index < -0.39 is 0 Å². The van der Waals surface area contributed by atoms with Gasteiger partial charge in [-0.25, -0.2) is 15.0 Å². The van der Waals surface area contributed by atoms with Crippen molar-refractivity contribution in [2.24, 2.45) is 7.05 Å². The fraction of sp³-hybridized carbons (Fsp3) is 0.400. The summed E-state index contributed by atoms with van der Waals surface area (Å²) in [5, 5.41) is 0.660. The molecule has 1 saturated heterocycles. The van der Waals surface area contributed by atoms with Crippen LogP contribution < -0.4 is 10.5 Å². The number of rotatable bonds is 3. The molecule has 3 heterocycles. The molecule has 0 bridgehead atoms. The van der Waals surface area contributed by atoms with Crippen LogP contribution in [-0.2, 0) is 7.05 Å². The van der Waals surface area contributed by atoms with Gasteiger partial charge in [0.25, 0.3) is 5.56 Å². The van der Waals surface area contributed by atoms with Crippen LogP contribution in [0, 0.1) is 0 Å². The van der Waals surface area contributed by atoms with Crippen LogP contribution in [0.25, 0.3) is 10.9 Å².